The molecule has 0 unspecified atom stereocenters. The molecule has 0 bridgehead atoms. The van der Waals surface area contributed by atoms with Crippen LogP contribution in [0, 0.1) is 3.57 Å². The number of amides is 4. The van der Waals surface area contributed by atoms with Crippen molar-refractivity contribution in [3.8, 4) is 11.5 Å². The van der Waals surface area contributed by atoms with Crippen LogP contribution in [-0.4, -0.2) is 43.1 Å². The number of imide groups is 2. The normalized spacial score (nSPS) is 14.9. The van der Waals surface area contributed by atoms with Gasteiger partial charge in [-0.25, -0.2) is 14.5 Å². The first kappa shape index (κ1) is 26.2. The third-order valence-electron chi connectivity index (χ3n) is 4.73. The Balaban J connectivity index is 1.97. The number of esters is 1. The Morgan fingerprint density at radius 3 is 2.37 bits per heavy atom. The average Bonchev–Trinajstić information content (AvgIpc) is 2.79. The molecule has 1 fully saturated rings. The fraction of sp³-hybridized carbons (Fsp3) is 0.280. The second kappa shape index (κ2) is 11.3. The van der Waals surface area contributed by atoms with Gasteiger partial charge in [0.05, 0.1) is 34.1 Å². The number of nitrogens with one attached hydrogen (secondary N) is 1. The summed E-state index contributed by atoms with van der Waals surface area (Å²) in [6.45, 7) is 7.95. The molecule has 1 aliphatic rings. The van der Waals surface area contributed by atoms with Crippen molar-refractivity contribution in [3.05, 3.63) is 56.7 Å². The van der Waals surface area contributed by atoms with E-state index in [-0.39, 0.29) is 29.5 Å². The lowest BCUT2D eigenvalue weighted by Gasteiger charge is -2.26. The van der Waals surface area contributed by atoms with Crippen molar-refractivity contribution in [1.29, 1.82) is 0 Å². The fourth-order valence-corrected chi connectivity index (χ4v) is 4.06. The lowest BCUT2D eigenvalue weighted by molar-refractivity contribution is -0.122. The number of benzene rings is 2. The molecule has 2 aromatic carbocycles. The van der Waals surface area contributed by atoms with Gasteiger partial charge < -0.3 is 14.2 Å². The topological polar surface area (TPSA) is 111 Å². The van der Waals surface area contributed by atoms with Crippen molar-refractivity contribution in [2.24, 2.45) is 0 Å². The molecule has 1 saturated heterocycles. The summed E-state index contributed by atoms with van der Waals surface area (Å²) in [5, 5.41) is 2.19. The highest BCUT2D eigenvalue weighted by Crippen LogP contribution is 2.36. The Hall–Kier alpha value is -3.41. The number of anilines is 1. The molecule has 35 heavy (non-hydrogen) atoms. The van der Waals surface area contributed by atoms with Gasteiger partial charge in [0.25, 0.3) is 11.8 Å². The number of nitrogens with zero attached hydrogens (tertiary/aromatic N) is 1. The summed E-state index contributed by atoms with van der Waals surface area (Å²) in [5.41, 5.74) is 0.771. The van der Waals surface area contributed by atoms with E-state index in [1.54, 1.807) is 19.1 Å². The van der Waals surface area contributed by atoms with Crippen molar-refractivity contribution in [2.45, 2.75) is 33.8 Å². The van der Waals surface area contributed by atoms with Crippen LogP contribution in [0.3, 0.4) is 0 Å². The maximum absolute atomic E-state index is 13.2. The van der Waals surface area contributed by atoms with Crippen LogP contribution >= 0.6 is 22.6 Å². The summed E-state index contributed by atoms with van der Waals surface area (Å²) in [7, 11) is 0. The maximum Gasteiger partial charge on any atom is 0.338 e. The van der Waals surface area contributed by atoms with Crippen molar-refractivity contribution in [1.82, 2.24) is 5.32 Å². The van der Waals surface area contributed by atoms with Crippen molar-refractivity contribution >= 4 is 58.2 Å². The number of urea groups is 1. The van der Waals surface area contributed by atoms with E-state index in [1.165, 1.54) is 30.3 Å². The Labute approximate surface area is 216 Å². The average molecular weight is 592 g/mol. The van der Waals surface area contributed by atoms with E-state index in [2.05, 4.69) is 27.9 Å². The first-order chi connectivity index (χ1) is 16.7. The molecule has 3 rings (SSSR count). The fourth-order valence-electron chi connectivity index (χ4n) is 3.30. The van der Waals surface area contributed by atoms with Gasteiger partial charge in [-0.1, -0.05) is 0 Å². The number of barbiturate groups is 1. The minimum Gasteiger partial charge on any atom is -0.490 e. The number of carbonyl (C=O) groups excluding carboxylic acids is 4. The number of rotatable bonds is 8. The van der Waals surface area contributed by atoms with Gasteiger partial charge in [0.15, 0.2) is 11.5 Å². The second-order valence-corrected chi connectivity index (χ2v) is 8.82. The maximum atomic E-state index is 13.2. The quantitative estimate of drug-likeness (QED) is 0.210. The molecule has 184 valence electrons. The summed E-state index contributed by atoms with van der Waals surface area (Å²) >= 11 is 2.10. The summed E-state index contributed by atoms with van der Waals surface area (Å²) in [6, 6.07) is 8.30. The molecule has 2 aromatic rings. The largest absolute Gasteiger partial charge is 0.490 e. The van der Waals surface area contributed by atoms with Crippen molar-refractivity contribution in [3.63, 3.8) is 0 Å². The molecule has 0 saturated carbocycles. The number of hydrogen-bond acceptors (Lipinski definition) is 7. The van der Waals surface area contributed by atoms with Gasteiger partial charge in [0.2, 0.25) is 0 Å². The Morgan fingerprint density at radius 1 is 1.09 bits per heavy atom. The molecule has 9 nitrogen and oxygen atoms in total. The van der Waals surface area contributed by atoms with E-state index < -0.39 is 23.8 Å². The van der Waals surface area contributed by atoms with Gasteiger partial charge >= 0.3 is 12.0 Å². The van der Waals surface area contributed by atoms with E-state index in [0.29, 0.717) is 23.7 Å². The zero-order valence-corrected chi connectivity index (χ0v) is 21.9. The molecule has 1 aliphatic heterocycles. The second-order valence-electron chi connectivity index (χ2n) is 7.65. The van der Waals surface area contributed by atoms with Gasteiger partial charge in [-0.3, -0.25) is 14.9 Å². The van der Waals surface area contributed by atoms with Crippen LogP contribution in [-0.2, 0) is 14.3 Å². The van der Waals surface area contributed by atoms with Crippen LogP contribution in [0.2, 0.25) is 0 Å². The molecule has 0 radical (unpaired) electrons. The van der Waals surface area contributed by atoms with Gasteiger partial charge in [0.1, 0.15) is 5.57 Å². The molecule has 0 aromatic heterocycles. The van der Waals surface area contributed by atoms with E-state index in [0.717, 1.165) is 8.47 Å². The lowest BCUT2D eigenvalue weighted by Crippen LogP contribution is -2.54. The Morgan fingerprint density at radius 2 is 1.77 bits per heavy atom. The molecule has 0 spiro atoms. The van der Waals surface area contributed by atoms with Gasteiger partial charge in [-0.05, 0) is 98.3 Å². The van der Waals surface area contributed by atoms with Crippen LogP contribution in [0.15, 0.2) is 42.0 Å². The monoisotopic (exact) mass is 592 g/mol. The van der Waals surface area contributed by atoms with E-state index >= 15 is 0 Å². The zero-order valence-electron chi connectivity index (χ0n) is 19.7. The highest BCUT2D eigenvalue weighted by Gasteiger charge is 2.37. The van der Waals surface area contributed by atoms with Gasteiger partial charge in [-0.15, -0.1) is 0 Å². The third kappa shape index (κ3) is 5.99. The summed E-state index contributed by atoms with van der Waals surface area (Å²) in [5.74, 6) is -1.07. The van der Waals surface area contributed by atoms with Crippen LogP contribution < -0.4 is 19.7 Å². The lowest BCUT2D eigenvalue weighted by atomic mass is 10.1. The molecule has 0 aliphatic carbocycles. The highest BCUT2D eigenvalue weighted by molar-refractivity contribution is 14.1. The molecule has 1 heterocycles. The summed E-state index contributed by atoms with van der Waals surface area (Å²) < 4.78 is 17.3. The SMILES string of the molecule is CCOC(=O)c1ccc(N2C(=O)NC(=O)/C(=C\c3cc(I)c(OC(C)C)c(OCC)c3)C2=O)cc1. The zero-order chi connectivity index (χ0) is 25.7. The first-order valence-electron chi connectivity index (χ1n) is 11.0. The molecule has 1 N–H and O–H groups in total. The van der Waals surface area contributed by atoms with Crippen LogP contribution in [0.1, 0.15) is 43.6 Å². The first-order valence-corrected chi connectivity index (χ1v) is 12.1. The molecule has 10 heteroatoms. The molecular weight excluding hydrogens is 567 g/mol. The van der Waals surface area contributed by atoms with Crippen molar-refractivity contribution < 1.29 is 33.4 Å². The number of ether oxygens (including phenoxy) is 3. The van der Waals surface area contributed by atoms with E-state index in [9.17, 15) is 19.2 Å². The third-order valence-corrected chi connectivity index (χ3v) is 5.54. The number of halogens is 1. The van der Waals surface area contributed by atoms with Gasteiger partial charge in [0, 0.05) is 0 Å². The smallest absolute Gasteiger partial charge is 0.338 e. The number of hydrogen-bond donors (Lipinski definition) is 1. The van der Waals surface area contributed by atoms with Gasteiger partial charge in [-0.2, -0.15) is 0 Å². The molecule has 0 atom stereocenters. The minimum atomic E-state index is -0.883. The van der Waals surface area contributed by atoms with Crippen LogP contribution in [0.4, 0.5) is 10.5 Å². The predicted molar refractivity (Wildman–Crippen MR) is 137 cm³/mol. The molecular formula is C25H25IN2O7. The predicted octanol–water partition coefficient (Wildman–Crippen LogP) is 4.32. The highest BCUT2D eigenvalue weighted by atomic mass is 127. The molecule has 4 amide bonds. The minimum absolute atomic E-state index is 0.0765. The Bertz CT molecular complexity index is 1190. The van der Waals surface area contributed by atoms with Crippen LogP contribution in [0.5, 0.6) is 11.5 Å². The van der Waals surface area contributed by atoms with Crippen molar-refractivity contribution in [2.75, 3.05) is 18.1 Å². The number of carbonyl (C=O) groups is 4. The van der Waals surface area contributed by atoms with Crippen LogP contribution in [0.25, 0.3) is 6.08 Å². The van der Waals surface area contributed by atoms with E-state index in [4.69, 9.17) is 14.2 Å². The Kier molecular flexibility index (Phi) is 8.49. The summed E-state index contributed by atoms with van der Waals surface area (Å²) in [4.78, 5) is 51.0. The summed E-state index contributed by atoms with van der Waals surface area (Å²) in [6.07, 6.45) is 1.32. The van der Waals surface area contributed by atoms with E-state index in [1.807, 2.05) is 20.8 Å². The standard InChI is InChI=1S/C25H25IN2O7/c1-5-33-20-13-15(12-19(26)21(20)35-14(3)4)11-18-22(29)27-25(32)28(23(18)30)17-9-7-16(8-10-17)24(31)34-6-2/h7-14H,5-6H2,1-4H3,(H,27,29,32)/b18-11+.